The van der Waals surface area contributed by atoms with Gasteiger partial charge in [0, 0.05) is 20.5 Å². The molecule has 2 rings (SSSR count). The van der Waals surface area contributed by atoms with Gasteiger partial charge in [0.1, 0.15) is 0 Å². The highest BCUT2D eigenvalue weighted by Gasteiger charge is 2.26. The maximum absolute atomic E-state index is 12.4. The number of thioether (sulfide) groups is 1. The van der Waals surface area contributed by atoms with Crippen LogP contribution in [-0.2, 0) is 16.0 Å². The molecule has 0 spiro atoms. The van der Waals surface area contributed by atoms with Gasteiger partial charge in [-0.15, -0.1) is 0 Å². The van der Waals surface area contributed by atoms with Gasteiger partial charge >= 0.3 is 0 Å². The number of benzene rings is 1. The van der Waals surface area contributed by atoms with Crippen LogP contribution in [0.4, 0.5) is 0 Å². The number of aryl methyl sites for hydroxylation is 1. The number of nitrogens with zero attached hydrogens (tertiary/aromatic N) is 1. The molecule has 0 saturated carbocycles. The van der Waals surface area contributed by atoms with Crippen molar-refractivity contribution < 1.29 is 9.59 Å². The van der Waals surface area contributed by atoms with E-state index in [0.717, 1.165) is 31.4 Å². The van der Waals surface area contributed by atoms with E-state index in [4.69, 9.17) is 0 Å². The maximum Gasteiger partial charge on any atom is 0.232 e. The van der Waals surface area contributed by atoms with E-state index >= 15 is 0 Å². The van der Waals surface area contributed by atoms with Crippen LogP contribution in [0.3, 0.4) is 0 Å². The number of fused-ring (bicyclic) bond motifs is 1. The standard InChI is InChI=1S/C18H26N2O2S/c1-14(21)19-11-6-12-23-13-18(22)20(2)17-10-5-8-15-7-3-4-9-16(15)17/h3-4,7,9,17H,5-6,8,10-13H2,1-2H3,(H,19,21). The van der Waals surface area contributed by atoms with Gasteiger partial charge in [-0.1, -0.05) is 24.3 Å². The molecule has 1 N–H and O–H groups in total. The van der Waals surface area contributed by atoms with Crippen LogP contribution < -0.4 is 5.32 Å². The Bertz CT molecular complexity index is 548. The molecule has 0 aromatic heterocycles. The van der Waals surface area contributed by atoms with Crippen LogP contribution in [0.15, 0.2) is 24.3 Å². The quantitative estimate of drug-likeness (QED) is 0.780. The number of rotatable bonds is 7. The van der Waals surface area contributed by atoms with Crippen LogP contribution in [0.5, 0.6) is 0 Å². The Kier molecular flexibility index (Phi) is 6.96. The Balaban J connectivity index is 1.78. The van der Waals surface area contributed by atoms with Crippen molar-refractivity contribution in [1.29, 1.82) is 0 Å². The molecule has 1 aromatic rings. The van der Waals surface area contributed by atoms with Crippen molar-refractivity contribution in [2.45, 2.75) is 38.6 Å². The SMILES string of the molecule is CC(=O)NCCCSCC(=O)N(C)C1CCCc2ccccc21. The fraction of sp³-hybridized carbons (Fsp3) is 0.556. The predicted molar refractivity (Wildman–Crippen MR) is 95.5 cm³/mol. The second kappa shape index (κ2) is 8.96. The molecule has 1 aliphatic rings. The number of hydrogen-bond acceptors (Lipinski definition) is 3. The zero-order valence-corrected chi connectivity index (χ0v) is 14.8. The fourth-order valence-corrected chi connectivity index (χ4v) is 3.88. The summed E-state index contributed by atoms with van der Waals surface area (Å²) < 4.78 is 0. The minimum Gasteiger partial charge on any atom is -0.356 e. The molecule has 0 aliphatic heterocycles. The lowest BCUT2D eigenvalue weighted by molar-refractivity contribution is -0.129. The van der Waals surface area contributed by atoms with E-state index < -0.39 is 0 Å². The topological polar surface area (TPSA) is 49.4 Å². The first-order valence-corrected chi connectivity index (χ1v) is 9.40. The largest absolute Gasteiger partial charge is 0.356 e. The summed E-state index contributed by atoms with van der Waals surface area (Å²) in [5.41, 5.74) is 2.69. The number of carbonyl (C=O) groups is 2. The Morgan fingerprint density at radius 1 is 1.35 bits per heavy atom. The van der Waals surface area contributed by atoms with Crippen molar-refractivity contribution in [3.05, 3.63) is 35.4 Å². The van der Waals surface area contributed by atoms with Crippen LogP contribution in [-0.4, -0.2) is 41.8 Å². The van der Waals surface area contributed by atoms with Crippen molar-refractivity contribution in [2.75, 3.05) is 25.1 Å². The molecule has 1 aliphatic carbocycles. The molecule has 2 amide bonds. The molecule has 1 atom stereocenters. The van der Waals surface area contributed by atoms with Gasteiger partial charge in [-0.05, 0) is 42.6 Å². The summed E-state index contributed by atoms with van der Waals surface area (Å²) in [5, 5.41) is 2.77. The third-order valence-electron chi connectivity index (χ3n) is 4.26. The Morgan fingerprint density at radius 3 is 2.91 bits per heavy atom. The predicted octanol–water partition coefficient (Wildman–Crippen LogP) is 2.78. The van der Waals surface area contributed by atoms with Crippen molar-refractivity contribution >= 4 is 23.6 Å². The molecule has 126 valence electrons. The fourth-order valence-electron chi connectivity index (χ4n) is 3.00. The Labute approximate surface area is 143 Å². The zero-order valence-electron chi connectivity index (χ0n) is 14.0. The second-order valence-electron chi connectivity index (χ2n) is 6.00. The highest BCUT2D eigenvalue weighted by molar-refractivity contribution is 7.99. The molecule has 0 heterocycles. The molecule has 0 bridgehead atoms. The Morgan fingerprint density at radius 2 is 2.13 bits per heavy atom. The van der Waals surface area contributed by atoms with Gasteiger partial charge in [0.05, 0.1) is 11.8 Å². The van der Waals surface area contributed by atoms with E-state index in [9.17, 15) is 9.59 Å². The van der Waals surface area contributed by atoms with Crippen LogP contribution in [0.25, 0.3) is 0 Å². The first kappa shape index (κ1) is 17.9. The minimum absolute atomic E-state index is 0.00164. The minimum atomic E-state index is 0.00164. The number of carbonyl (C=O) groups excluding carboxylic acids is 2. The molecule has 1 aromatic carbocycles. The molecule has 1 unspecified atom stereocenters. The molecule has 0 radical (unpaired) electrons. The normalized spacial score (nSPS) is 16.5. The van der Waals surface area contributed by atoms with E-state index in [1.54, 1.807) is 11.8 Å². The molecule has 0 saturated heterocycles. The maximum atomic E-state index is 12.4. The summed E-state index contributed by atoms with van der Waals surface area (Å²) >= 11 is 1.64. The van der Waals surface area contributed by atoms with Gasteiger partial charge in [0.25, 0.3) is 0 Å². The number of hydrogen-bond donors (Lipinski definition) is 1. The van der Waals surface area contributed by atoms with Gasteiger partial charge in [0.15, 0.2) is 0 Å². The first-order chi connectivity index (χ1) is 11.1. The molecule has 0 fully saturated rings. The van der Waals surface area contributed by atoms with E-state index in [2.05, 4.69) is 29.6 Å². The van der Waals surface area contributed by atoms with Crippen LogP contribution in [0.2, 0.25) is 0 Å². The van der Waals surface area contributed by atoms with Crippen LogP contribution in [0.1, 0.15) is 43.4 Å². The molecular weight excluding hydrogens is 308 g/mol. The van der Waals surface area contributed by atoms with Crippen LogP contribution >= 0.6 is 11.8 Å². The summed E-state index contributed by atoms with van der Waals surface area (Å²) in [6, 6.07) is 8.69. The average molecular weight is 334 g/mol. The number of nitrogens with one attached hydrogen (secondary N) is 1. The third kappa shape index (κ3) is 5.27. The average Bonchev–Trinajstić information content (AvgIpc) is 2.56. The van der Waals surface area contributed by atoms with Crippen molar-refractivity contribution in [1.82, 2.24) is 10.2 Å². The summed E-state index contributed by atoms with van der Waals surface area (Å²) in [7, 11) is 1.92. The lowest BCUT2D eigenvalue weighted by Gasteiger charge is -2.33. The van der Waals surface area contributed by atoms with Crippen molar-refractivity contribution in [3.63, 3.8) is 0 Å². The lowest BCUT2D eigenvalue weighted by Crippen LogP contribution is -2.34. The lowest BCUT2D eigenvalue weighted by atomic mass is 9.87. The van der Waals surface area contributed by atoms with E-state index in [-0.39, 0.29) is 17.9 Å². The highest BCUT2D eigenvalue weighted by Crippen LogP contribution is 2.33. The summed E-state index contributed by atoms with van der Waals surface area (Å²) in [6.07, 6.45) is 4.20. The zero-order chi connectivity index (χ0) is 16.7. The first-order valence-electron chi connectivity index (χ1n) is 8.25. The van der Waals surface area contributed by atoms with Gasteiger partial charge in [-0.2, -0.15) is 11.8 Å². The summed E-state index contributed by atoms with van der Waals surface area (Å²) in [5.74, 6) is 1.59. The molecular formula is C18H26N2O2S. The van der Waals surface area contributed by atoms with E-state index in [1.165, 1.54) is 18.1 Å². The van der Waals surface area contributed by atoms with E-state index in [0.29, 0.717) is 12.3 Å². The smallest absolute Gasteiger partial charge is 0.232 e. The van der Waals surface area contributed by atoms with Crippen LogP contribution in [0, 0.1) is 0 Å². The molecule has 5 heteroatoms. The van der Waals surface area contributed by atoms with E-state index in [1.807, 2.05) is 11.9 Å². The molecule has 4 nitrogen and oxygen atoms in total. The molecule has 23 heavy (non-hydrogen) atoms. The van der Waals surface area contributed by atoms with Gasteiger partial charge < -0.3 is 10.2 Å². The van der Waals surface area contributed by atoms with Gasteiger partial charge in [0.2, 0.25) is 11.8 Å². The Hall–Kier alpha value is -1.49. The highest BCUT2D eigenvalue weighted by atomic mass is 32.2. The second-order valence-corrected chi connectivity index (χ2v) is 7.11. The van der Waals surface area contributed by atoms with Gasteiger partial charge in [-0.3, -0.25) is 9.59 Å². The number of amides is 2. The van der Waals surface area contributed by atoms with Crippen molar-refractivity contribution in [2.24, 2.45) is 0 Å². The summed E-state index contributed by atoms with van der Waals surface area (Å²) in [6.45, 7) is 2.20. The summed E-state index contributed by atoms with van der Waals surface area (Å²) in [4.78, 5) is 25.1. The van der Waals surface area contributed by atoms with Crippen molar-refractivity contribution in [3.8, 4) is 0 Å². The van der Waals surface area contributed by atoms with Gasteiger partial charge in [-0.25, -0.2) is 0 Å². The third-order valence-corrected chi connectivity index (χ3v) is 5.29. The monoisotopic (exact) mass is 334 g/mol.